The van der Waals surface area contributed by atoms with Crippen LogP contribution in [0.25, 0.3) is 4.76 Å². The SMILES string of the molecule is CC#[N+][B-](c1c(F)c(F)c(F)c(F)c1F)(c1c(F)c(F)c(F)c(F)c1F)c1c(F)c(F)c(F)c(F)c1B(c1c(F)c(F)c(F)c(F)c1F)c1c(F)c(F)c(F)c(F)c1F. The summed E-state index contributed by atoms with van der Waals surface area (Å²) in [5, 5.41) is 0. The lowest BCUT2D eigenvalue weighted by Crippen LogP contribution is -2.77. The van der Waals surface area contributed by atoms with E-state index in [2.05, 4.69) is 4.76 Å². The maximum atomic E-state index is 16.6. The minimum Gasteiger partial charge on any atom is -0.333 e. The first-order valence-electron chi connectivity index (χ1n) is 14.7. The molecule has 310 valence electrons. The number of nitrogens with zero attached hydrogens (tertiary/aromatic N) is 1. The Labute approximate surface area is 308 Å². The molecule has 0 heterocycles. The molecular weight excluding hydrogens is 876 g/mol. The fourth-order valence-corrected chi connectivity index (χ4v) is 6.34. The number of hydrogen-bond acceptors (Lipinski definition) is 0. The highest BCUT2D eigenvalue weighted by Gasteiger charge is 2.60. The molecule has 1 nitrogen and oxygen atoms in total. The van der Waals surface area contributed by atoms with E-state index >= 15 is 52.7 Å². The molecule has 0 bridgehead atoms. The molecule has 0 saturated carbocycles. The van der Waals surface area contributed by atoms with Crippen molar-refractivity contribution in [3.05, 3.63) is 144 Å². The van der Waals surface area contributed by atoms with Gasteiger partial charge in [0.25, 0.3) is 6.71 Å². The van der Waals surface area contributed by atoms with Gasteiger partial charge in [0, 0.05) is 10.9 Å². The average Bonchev–Trinajstić information content (AvgIpc) is 3.20. The lowest BCUT2D eigenvalue weighted by Gasteiger charge is -2.33. The van der Waals surface area contributed by atoms with Crippen molar-refractivity contribution in [2.45, 2.75) is 6.92 Å². The quantitative estimate of drug-likeness (QED) is 0.0761. The molecule has 0 fully saturated rings. The summed E-state index contributed by atoms with van der Waals surface area (Å²) in [6.07, 6.45) is -6.86. The molecule has 5 aromatic carbocycles. The Hall–Kier alpha value is -5.96. The van der Waals surface area contributed by atoms with Crippen LogP contribution in [0, 0.1) is 146 Å². The summed E-state index contributed by atoms with van der Waals surface area (Å²) < 4.78 is 367. The molecule has 59 heavy (non-hydrogen) atoms. The van der Waals surface area contributed by atoms with Crippen LogP contribution in [0.2, 0.25) is 0 Å². The van der Waals surface area contributed by atoms with Crippen LogP contribution in [0.4, 0.5) is 105 Å². The van der Waals surface area contributed by atoms with Gasteiger partial charge in [0.15, 0.2) is 117 Å². The van der Waals surface area contributed by atoms with E-state index in [0.717, 1.165) is 6.07 Å². The molecule has 0 aliphatic carbocycles. The van der Waals surface area contributed by atoms with Crippen molar-refractivity contribution >= 4 is 45.8 Å². The summed E-state index contributed by atoms with van der Waals surface area (Å²) in [5.74, 6) is -84.8. The largest absolute Gasteiger partial charge is 0.492 e. The molecule has 0 radical (unpaired) electrons. The van der Waals surface area contributed by atoms with E-state index in [0.29, 0.717) is 0 Å². The van der Waals surface area contributed by atoms with Gasteiger partial charge in [0.05, 0.1) is 6.92 Å². The van der Waals surface area contributed by atoms with Crippen LogP contribution in [-0.2, 0) is 0 Å². The molecule has 0 saturated heterocycles. The molecule has 0 aromatic heterocycles. The number of halogens is 24. The third kappa shape index (κ3) is 5.95. The summed E-state index contributed by atoms with van der Waals surface area (Å²) >= 11 is 0. The van der Waals surface area contributed by atoms with Crippen molar-refractivity contribution in [3.63, 3.8) is 0 Å². The fraction of sp³-hybridized carbons (Fsp3) is 0.0312. The highest BCUT2D eigenvalue weighted by atomic mass is 19.2. The topological polar surface area (TPSA) is 4.36 Å². The number of benzene rings is 5. The minimum atomic E-state index is -6.86. The summed E-state index contributed by atoms with van der Waals surface area (Å²) in [4.78, 5) is 0. The third-order valence-electron chi connectivity index (χ3n) is 8.76. The molecule has 0 spiro atoms. The van der Waals surface area contributed by atoms with Crippen molar-refractivity contribution in [2.75, 3.05) is 0 Å². The molecule has 0 amide bonds. The predicted molar refractivity (Wildman–Crippen MR) is 153 cm³/mol. The van der Waals surface area contributed by atoms with Crippen LogP contribution in [0.1, 0.15) is 6.92 Å². The smallest absolute Gasteiger partial charge is 0.333 e. The van der Waals surface area contributed by atoms with Crippen LogP contribution in [0.15, 0.2) is 0 Å². The molecule has 5 aromatic rings. The first-order valence-corrected chi connectivity index (χ1v) is 14.7. The van der Waals surface area contributed by atoms with Crippen molar-refractivity contribution in [3.8, 4) is 6.07 Å². The van der Waals surface area contributed by atoms with Gasteiger partial charge in [0.1, 0.15) is 29.1 Å². The first-order chi connectivity index (χ1) is 27.3. The maximum absolute atomic E-state index is 16.6. The summed E-state index contributed by atoms with van der Waals surface area (Å²) in [6, 6.07) is 1.11. The van der Waals surface area contributed by atoms with E-state index in [1.54, 1.807) is 0 Å². The van der Waals surface area contributed by atoms with E-state index in [-0.39, 0.29) is 6.92 Å². The number of hydrogen-bond donors (Lipinski definition) is 0. The van der Waals surface area contributed by atoms with Crippen molar-refractivity contribution < 1.29 is 105 Å². The highest BCUT2D eigenvalue weighted by molar-refractivity contribution is 7.17. The molecule has 0 aliphatic heterocycles. The van der Waals surface area contributed by atoms with Gasteiger partial charge in [-0.05, 0) is 10.9 Å². The second-order valence-electron chi connectivity index (χ2n) is 11.6. The lowest BCUT2D eigenvalue weighted by molar-refractivity contribution is 0.381. The zero-order valence-electron chi connectivity index (χ0n) is 27.2. The second-order valence-corrected chi connectivity index (χ2v) is 11.6. The van der Waals surface area contributed by atoms with Crippen molar-refractivity contribution in [1.29, 1.82) is 0 Å². The van der Waals surface area contributed by atoms with Crippen molar-refractivity contribution in [2.24, 2.45) is 0 Å². The normalized spacial score (nSPS) is 11.7. The molecule has 0 aliphatic rings. The lowest BCUT2D eigenvalue weighted by atomic mass is 9.20. The fourth-order valence-electron chi connectivity index (χ4n) is 6.34. The van der Waals surface area contributed by atoms with Gasteiger partial charge < -0.3 is 4.76 Å². The van der Waals surface area contributed by atoms with Crippen LogP contribution >= 0.6 is 0 Å². The standard InChI is InChI=1S/C32H3B2F24N/c1-2-59-34(7-15(41)25(51)31(57)26(52)16(7)42,8-17(43)27(53)32(58)28(54)18(8)44)6-3(9(35)19(45)24(50)14(6)40)33(4-10(36)20(46)29(55)21(47)11(4)37)5-12(38)22(48)30(56)23(49)13(5)39/h1H3. The Balaban J connectivity index is 2.36. The van der Waals surface area contributed by atoms with Gasteiger partial charge >= 0.3 is 6.28 Å². The van der Waals surface area contributed by atoms with Gasteiger partial charge in [-0.25, -0.2) is 105 Å². The maximum Gasteiger partial charge on any atom is 0.492 e. The Morgan fingerprint density at radius 3 is 0.695 bits per heavy atom. The Morgan fingerprint density at radius 1 is 0.271 bits per heavy atom. The Bertz CT molecular complexity index is 2510. The van der Waals surface area contributed by atoms with Crippen LogP contribution in [0.5, 0.6) is 0 Å². The van der Waals surface area contributed by atoms with Crippen LogP contribution in [0.3, 0.4) is 0 Å². The van der Waals surface area contributed by atoms with Gasteiger partial charge in [-0.15, -0.1) is 0 Å². The Morgan fingerprint density at radius 2 is 0.458 bits per heavy atom. The van der Waals surface area contributed by atoms with Gasteiger partial charge in [-0.2, -0.15) is 0 Å². The van der Waals surface area contributed by atoms with E-state index in [1.165, 1.54) is 0 Å². The van der Waals surface area contributed by atoms with Crippen LogP contribution < -0.4 is 32.8 Å². The third-order valence-corrected chi connectivity index (χ3v) is 8.76. The zero-order valence-corrected chi connectivity index (χ0v) is 27.2. The van der Waals surface area contributed by atoms with E-state index in [9.17, 15) is 52.7 Å². The van der Waals surface area contributed by atoms with Crippen LogP contribution in [-0.4, -0.2) is 13.0 Å². The number of rotatable bonds is 6. The highest BCUT2D eigenvalue weighted by Crippen LogP contribution is 2.29. The molecule has 5 rings (SSSR count). The summed E-state index contributed by atoms with van der Waals surface area (Å²) in [7, 11) is 0. The summed E-state index contributed by atoms with van der Waals surface area (Å²) in [6.45, 7) is -4.74. The molecule has 0 unspecified atom stereocenters. The molecule has 0 atom stereocenters. The molecule has 0 N–H and O–H groups in total. The molecule has 27 heteroatoms. The van der Waals surface area contributed by atoms with Gasteiger partial charge in [-0.3, -0.25) is 0 Å². The minimum absolute atomic E-state index is 0.119. The van der Waals surface area contributed by atoms with E-state index in [4.69, 9.17) is 0 Å². The van der Waals surface area contributed by atoms with E-state index < -0.39 is 185 Å². The first kappa shape index (κ1) is 44.1. The molecular formula is C32H3B2F24N. The monoisotopic (exact) mass is 879 g/mol. The zero-order chi connectivity index (χ0) is 44.8. The predicted octanol–water partition coefficient (Wildman–Crippen LogP) is 6.86. The van der Waals surface area contributed by atoms with Crippen molar-refractivity contribution in [1.82, 2.24) is 0 Å². The average molecular weight is 879 g/mol. The Kier molecular flexibility index (Phi) is 11.2. The second kappa shape index (κ2) is 15.0. The van der Waals surface area contributed by atoms with E-state index in [1.807, 2.05) is 0 Å². The summed E-state index contributed by atoms with van der Waals surface area (Å²) in [5.41, 5.74) is -20.3. The van der Waals surface area contributed by atoms with Gasteiger partial charge in [0.2, 0.25) is 0 Å². The van der Waals surface area contributed by atoms with Gasteiger partial charge in [-0.1, -0.05) is 10.9 Å².